The number of hydrogen-bond acceptors (Lipinski definition) is 4. The van der Waals surface area contributed by atoms with Gasteiger partial charge in [0.25, 0.3) is 5.91 Å². The number of allylic oxidation sites excluding steroid dienone is 1. The Morgan fingerprint density at radius 1 is 1.09 bits per heavy atom. The summed E-state index contributed by atoms with van der Waals surface area (Å²) in [5, 5.41) is 2.99. The number of amides is 3. The number of carbonyl (C=O) groups is 3. The Morgan fingerprint density at radius 2 is 1.74 bits per heavy atom. The molecule has 0 spiro atoms. The van der Waals surface area contributed by atoms with Crippen molar-refractivity contribution in [3.63, 3.8) is 0 Å². The molecule has 7 heteroatoms. The van der Waals surface area contributed by atoms with Crippen molar-refractivity contribution in [2.24, 2.45) is 5.92 Å². The third kappa shape index (κ3) is 5.69. The van der Waals surface area contributed by atoms with Crippen molar-refractivity contribution in [3.8, 4) is 0 Å². The van der Waals surface area contributed by atoms with Crippen LogP contribution in [0.4, 0.5) is 0 Å². The molecule has 0 radical (unpaired) electrons. The molecule has 2 heterocycles. The number of nitrogens with zero attached hydrogens (tertiary/aromatic N) is 2. The van der Waals surface area contributed by atoms with Gasteiger partial charge in [0.15, 0.2) is 0 Å². The molecule has 0 aromatic heterocycles. The molecule has 7 nitrogen and oxygen atoms in total. The van der Waals surface area contributed by atoms with Gasteiger partial charge in [-0.25, -0.2) is 0 Å². The van der Waals surface area contributed by atoms with Gasteiger partial charge in [0.1, 0.15) is 0 Å². The summed E-state index contributed by atoms with van der Waals surface area (Å²) < 4.78 is 5.40. The number of morpholine rings is 1. The lowest BCUT2D eigenvalue weighted by atomic mass is 9.86. The normalized spacial score (nSPS) is 21.6. The summed E-state index contributed by atoms with van der Waals surface area (Å²) >= 11 is 0. The van der Waals surface area contributed by atoms with Gasteiger partial charge in [-0.1, -0.05) is 45.0 Å². The van der Waals surface area contributed by atoms with Gasteiger partial charge in [-0.3, -0.25) is 14.4 Å². The predicted molar refractivity (Wildman–Crippen MR) is 130 cm³/mol. The molecule has 1 aromatic rings. The van der Waals surface area contributed by atoms with E-state index in [1.54, 1.807) is 9.80 Å². The van der Waals surface area contributed by atoms with E-state index < -0.39 is 5.92 Å². The summed E-state index contributed by atoms with van der Waals surface area (Å²) in [6, 6.07) is 8.55. The molecule has 4 rings (SSSR count). The van der Waals surface area contributed by atoms with Crippen molar-refractivity contribution in [1.82, 2.24) is 15.1 Å². The molecule has 1 unspecified atom stereocenters. The summed E-state index contributed by atoms with van der Waals surface area (Å²) in [5.74, 6) is -0.764. The van der Waals surface area contributed by atoms with Gasteiger partial charge in [-0.15, -0.1) is 0 Å². The van der Waals surface area contributed by atoms with Crippen LogP contribution in [0.1, 0.15) is 64.5 Å². The van der Waals surface area contributed by atoms with Crippen LogP contribution >= 0.6 is 0 Å². The summed E-state index contributed by atoms with van der Waals surface area (Å²) in [4.78, 5) is 43.0. The molecule has 1 aromatic carbocycles. The van der Waals surface area contributed by atoms with Gasteiger partial charge in [0.05, 0.1) is 25.7 Å². The van der Waals surface area contributed by atoms with Crippen molar-refractivity contribution in [1.29, 1.82) is 0 Å². The fraction of sp³-hybridized carbons (Fsp3) is 0.593. The molecule has 0 bridgehead atoms. The molecule has 1 N–H and O–H groups in total. The number of nitrogens with one attached hydrogen (secondary N) is 1. The Kier molecular flexibility index (Phi) is 7.12. The smallest absolute Gasteiger partial charge is 0.251 e. The minimum Gasteiger partial charge on any atom is -0.378 e. The lowest BCUT2D eigenvalue weighted by Crippen LogP contribution is -2.46. The molecule has 1 aliphatic carbocycles. The zero-order valence-electron chi connectivity index (χ0n) is 20.9. The minimum absolute atomic E-state index is 0.0472. The van der Waals surface area contributed by atoms with Gasteiger partial charge in [-0.2, -0.15) is 0 Å². The highest BCUT2D eigenvalue weighted by Crippen LogP contribution is 2.33. The molecule has 2 fully saturated rings. The number of ether oxygens (including phenoxy) is 1. The van der Waals surface area contributed by atoms with Crippen LogP contribution in [-0.2, 0) is 31.1 Å². The largest absolute Gasteiger partial charge is 0.378 e. The first kappa shape index (κ1) is 24.5. The SMILES string of the molecule is CC1=C(C(=O)N2CCOCC2)CC(CC(=O)NC2CC2)C(=O)N1Cc1ccc(C(C)(C)C)cc1. The van der Waals surface area contributed by atoms with Gasteiger partial charge >= 0.3 is 0 Å². The molecule has 34 heavy (non-hydrogen) atoms. The molecular formula is C27H37N3O4. The van der Waals surface area contributed by atoms with Gasteiger partial charge < -0.3 is 19.9 Å². The van der Waals surface area contributed by atoms with E-state index in [9.17, 15) is 14.4 Å². The Bertz CT molecular complexity index is 967. The quantitative estimate of drug-likeness (QED) is 0.697. The maximum absolute atomic E-state index is 13.5. The van der Waals surface area contributed by atoms with Crippen LogP contribution in [0.15, 0.2) is 35.5 Å². The summed E-state index contributed by atoms with van der Waals surface area (Å²) in [7, 11) is 0. The average Bonchev–Trinajstić information content (AvgIpc) is 3.62. The maximum atomic E-state index is 13.5. The molecular weight excluding hydrogens is 430 g/mol. The summed E-state index contributed by atoms with van der Waals surface area (Å²) in [5.41, 5.74) is 3.61. The molecule has 1 atom stereocenters. The molecule has 1 saturated carbocycles. The van der Waals surface area contributed by atoms with Crippen LogP contribution in [0, 0.1) is 5.92 Å². The lowest BCUT2D eigenvalue weighted by Gasteiger charge is -2.37. The van der Waals surface area contributed by atoms with Crippen LogP contribution in [0.25, 0.3) is 0 Å². The number of rotatable bonds is 6. The van der Waals surface area contributed by atoms with Crippen molar-refractivity contribution < 1.29 is 19.1 Å². The molecule has 1 saturated heterocycles. The van der Waals surface area contributed by atoms with Crippen molar-refractivity contribution >= 4 is 17.7 Å². The number of carbonyl (C=O) groups excluding carboxylic acids is 3. The van der Waals surface area contributed by atoms with Gasteiger partial charge in [-0.05, 0) is 42.7 Å². The molecule has 3 amide bonds. The Morgan fingerprint density at radius 3 is 2.32 bits per heavy atom. The second kappa shape index (κ2) is 9.90. The monoisotopic (exact) mass is 467 g/mol. The third-order valence-corrected chi connectivity index (χ3v) is 7.00. The van der Waals surface area contributed by atoms with Crippen molar-refractivity contribution in [2.45, 2.75) is 71.4 Å². The van der Waals surface area contributed by atoms with Crippen LogP contribution in [0.5, 0.6) is 0 Å². The van der Waals surface area contributed by atoms with E-state index in [0.717, 1.165) is 18.4 Å². The van der Waals surface area contributed by atoms with E-state index in [1.165, 1.54) is 5.56 Å². The highest BCUT2D eigenvalue weighted by molar-refractivity contribution is 5.98. The first-order valence-electron chi connectivity index (χ1n) is 12.4. The first-order valence-corrected chi connectivity index (χ1v) is 12.4. The fourth-order valence-electron chi connectivity index (χ4n) is 4.62. The summed E-state index contributed by atoms with van der Waals surface area (Å²) in [6.07, 6.45) is 2.42. The van der Waals surface area contributed by atoms with Crippen LogP contribution in [0.3, 0.4) is 0 Å². The van der Waals surface area contributed by atoms with Gasteiger partial charge in [0, 0.05) is 36.8 Å². The highest BCUT2D eigenvalue weighted by Gasteiger charge is 2.38. The zero-order chi connectivity index (χ0) is 24.5. The van der Waals surface area contributed by atoms with Gasteiger partial charge in [0.2, 0.25) is 11.8 Å². The fourth-order valence-corrected chi connectivity index (χ4v) is 4.62. The third-order valence-electron chi connectivity index (χ3n) is 7.00. The van der Waals surface area contributed by atoms with Crippen LogP contribution in [-0.4, -0.2) is 59.9 Å². The summed E-state index contributed by atoms with van der Waals surface area (Å²) in [6.45, 7) is 10.9. The second-order valence-corrected chi connectivity index (χ2v) is 10.8. The lowest BCUT2D eigenvalue weighted by molar-refractivity contribution is -0.139. The van der Waals surface area contributed by atoms with Crippen LogP contribution in [0.2, 0.25) is 0 Å². The maximum Gasteiger partial charge on any atom is 0.251 e. The number of benzene rings is 1. The molecule has 184 valence electrons. The van der Waals surface area contributed by atoms with E-state index in [0.29, 0.717) is 50.5 Å². The Labute approximate surface area is 202 Å². The van der Waals surface area contributed by atoms with E-state index in [2.05, 4.69) is 38.2 Å². The van der Waals surface area contributed by atoms with E-state index >= 15 is 0 Å². The Hall–Kier alpha value is -2.67. The number of hydrogen-bond donors (Lipinski definition) is 1. The van der Waals surface area contributed by atoms with Crippen LogP contribution < -0.4 is 5.32 Å². The minimum atomic E-state index is -0.531. The molecule has 3 aliphatic rings. The second-order valence-electron chi connectivity index (χ2n) is 10.8. The first-order chi connectivity index (χ1) is 16.1. The van der Waals surface area contributed by atoms with E-state index in [1.807, 2.05) is 19.1 Å². The van der Waals surface area contributed by atoms with E-state index in [4.69, 9.17) is 4.74 Å². The standard InChI is InChI=1S/C27H37N3O4/c1-18-23(26(33)29-11-13-34-14-12-29)15-20(16-24(31)28-22-9-10-22)25(32)30(18)17-19-5-7-21(8-6-19)27(2,3)4/h5-8,20,22H,9-17H2,1-4H3,(H,28,31). The molecule has 2 aliphatic heterocycles. The highest BCUT2D eigenvalue weighted by atomic mass is 16.5. The average molecular weight is 468 g/mol. The van der Waals surface area contributed by atoms with Crippen molar-refractivity contribution in [2.75, 3.05) is 26.3 Å². The zero-order valence-corrected chi connectivity index (χ0v) is 20.9. The van der Waals surface area contributed by atoms with Crippen molar-refractivity contribution in [3.05, 3.63) is 46.7 Å². The van der Waals surface area contributed by atoms with E-state index in [-0.39, 0.29) is 35.6 Å². The predicted octanol–water partition coefficient (Wildman–Crippen LogP) is 3.13. The topological polar surface area (TPSA) is 79.0 Å². The Balaban J connectivity index is 1.58.